The van der Waals surface area contributed by atoms with Crippen LogP contribution in [0.25, 0.3) is 0 Å². The summed E-state index contributed by atoms with van der Waals surface area (Å²) in [4.78, 5) is 0.280. The molecule has 0 bridgehead atoms. The fourth-order valence-corrected chi connectivity index (χ4v) is 5.89. The van der Waals surface area contributed by atoms with E-state index in [-0.39, 0.29) is 10.9 Å². The van der Waals surface area contributed by atoms with E-state index >= 15 is 0 Å². The number of aryl methyl sites for hydroxylation is 2. The highest BCUT2D eigenvalue weighted by Crippen LogP contribution is 2.38. The molecule has 0 unspecified atom stereocenters. The molecule has 0 radical (unpaired) electrons. The summed E-state index contributed by atoms with van der Waals surface area (Å²) in [6, 6.07) is 0.177. The second-order valence-electron chi connectivity index (χ2n) is 6.02. The molecule has 1 aliphatic carbocycles. The first-order valence-corrected chi connectivity index (χ1v) is 8.90. The van der Waals surface area contributed by atoms with E-state index in [0.29, 0.717) is 23.9 Å². The molecule has 20 heavy (non-hydrogen) atoms. The highest BCUT2D eigenvalue weighted by molar-refractivity contribution is 7.89. The van der Waals surface area contributed by atoms with Crippen LogP contribution in [0.3, 0.4) is 0 Å². The summed E-state index contributed by atoms with van der Waals surface area (Å²) < 4.78 is 32.6. The maximum Gasteiger partial charge on any atom is 0.248 e. The summed E-state index contributed by atoms with van der Waals surface area (Å²) in [5.41, 5.74) is 0.472. The fourth-order valence-electron chi connectivity index (χ4n) is 3.84. The fraction of sp³-hybridized carbons (Fsp3) is 0.786. The van der Waals surface area contributed by atoms with Crippen LogP contribution in [0.5, 0.6) is 0 Å². The quantitative estimate of drug-likeness (QED) is 0.860. The lowest BCUT2D eigenvalue weighted by Crippen LogP contribution is -2.39. The summed E-state index contributed by atoms with van der Waals surface area (Å²) in [7, 11) is -3.47. The van der Waals surface area contributed by atoms with Crippen molar-refractivity contribution in [3.63, 3.8) is 0 Å². The summed E-state index contributed by atoms with van der Waals surface area (Å²) in [6.45, 7) is 4.01. The van der Waals surface area contributed by atoms with E-state index in [9.17, 15) is 8.42 Å². The standard InChI is InChI=1S/C14H22N2O3S/c1-10-14(11(2)19-15-10)20(17,18)16-9-5-8-13(16)12-6-3-4-7-12/h12-13H,3-9H2,1-2H3/t13-/m0/s1. The van der Waals surface area contributed by atoms with Crippen molar-refractivity contribution in [3.8, 4) is 0 Å². The Labute approximate surface area is 120 Å². The van der Waals surface area contributed by atoms with E-state index in [1.807, 2.05) is 0 Å². The van der Waals surface area contributed by atoms with Crippen LogP contribution in [-0.2, 0) is 10.0 Å². The molecule has 1 aromatic heterocycles. The Bertz CT molecular complexity index is 568. The third-order valence-electron chi connectivity index (χ3n) is 4.73. The normalized spacial score (nSPS) is 25.6. The highest BCUT2D eigenvalue weighted by Gasteiger charge is 2.42. The van der Waals surface area contributed by atoms with Crippen molar-refractivity contribution in [2.75, 3.05) is 6.54 Å². The first kappa shape index (κ1) is 14.1. The number of nitrogens with zero attached hydrogens (tertiary/aromatic N) is 2. The number of rotatable bonds is 3. The van der Waals surface area contributed by atoms with Crippen LogP contribution in [0.1, 0.15) is 50.0 Å². The lowest BCUT2D eigenvalue weighted by atomic mass is 9.97. The van der Waals surface area contributed by atoms with Crippen LogP contribution in [-0.4, -0.2) is 30.5 Å². The largest absolute Gasteiger partial charge is 0.360 e. The second kappa shape index (κ2) is 5.15. The Balaban J connectivity index is 1.94. The second-order valence-corrected chi connectivity index (χ2v) is 7.85. The van der Waals surface area contributed by atoms with E-state index < -0.39 is 10.0 Å². The molecule has 3 rings (SSSR count). The molecular weight excluding hydrogens is 276 g/mol. The van der Waals surface area contributed by atoms with Crippen LogP contribution >= 0.6 is 0 Å². The van der Waals surface area contributed by atoms with Gasteiger partial charge in [-0.3, -0.25) is 0 Å². The monoisotopic (exact) mass is 298 g/mol. The summed E-state index contributed by atoms with van der Waals surface area (Å²) in [5.74, 6) is 0.937. The first-order valence-electron chi connectivity index (χ1n) is 7.46. The zero-order valence-corrected chi connectivity index (χ0v) is 12.9. The van der Waals surface area contributed by atoms with Crippen LogP contribution in [0.2, 0.25) is 0 Å². The van der Waals surface area contributed by atoms with E-state index in [1.165, 1.54) is 12.8 Å². The summed E-state index contributed by atoms with van der Waals surface area (Å²) in [6.07, 6.45) is 6.76. The van der Waals surface area contributed by atoms with Gasteiger partial charge in [-0.05, 0) is 45.4 Å². The average molecular weight is 298 g/mol. The van der Waals surface area contributed by atoms with Crippen molar-refractivity contribution in [1.29, 1.82) is 0 Å². The lowest BCUT2D eigenvalue weighted by molar-refractivity contribution is 0.288. The Kier molecular flexibility index (Phi) is 3.62. The number of hydrogen-bond acceptors (Lipinski definition) is 4. The van der Waals surface area contributed by atoms with Gasteiger partial charge in [0.2, 0.25) is 10.0 Å². The Morgan fingerprint density at radius 1 is 1.15 bits per heavy atom. The number of hydrogen-bond donors (Lipinski definition) is 0. The van der Waals surface area contributed by atoms with Gasteiger partial charge in [0.25, 0.3) is 0 Å². The van der Waals surface area contributed by atoms with Crippen LogP contribution < -0.4 is 0 Å². The Morgan fingerprint density at radius 3 is 2.45 bits per heavy atom. The summed E-state index contributed by atoms with van der Waals surface area (Å²) >= 11 is 0. The highest BCUT2D eigenvalue weighted by atomic mass is 32.2. The van der Waals surface area contributed by atoms with Gasteiger partial charge in [-0.15, -0.1) is 0 Å². The van der Waals surface area contributed by atoms with E-state index in [2.05, 4.69) is 5.16 Å². The topological polar surface area (TPSA) is 63.4 Å². The third-order valence-corrected chi connectivity index (χ3v) is 6.90. The molecule has 6 heteroatoms. The minimum atomic E-state index is -3.47. The molecule has 1 aromatic rings. The van der Waals surface area contributed by atoms with Gasteiger partial charge in [-0.2, -0.15) is 4.31 Å². The van der Waals surface area contributed by atoms with E-state index in [0.717, 1.165) is 25.7 Å². The minimum Gasteiger partial charge on any atom is -0.360 e. The molecule has 2 fully saturated rings. The Hall–Kier alpha value is -0.880. The molecule has 0 N–H and O–H groups in total. The maximum atomic E-state index is 12.9. The maximum absolute atomic E-state index is 12.9. The van der Waals surface area contributed by atoms with Crippen molar-refractivity contribution in [1.82, 2.24) is 9.46 Å². The zero-order valence-electron chi connectivity index (χ0n) is 12.1. The SMILES string of the molecule is Cc1noc(C)c1S(=O)(=O)N1CCC[C@H]1C1CCCC1. The molecular formula is C14H22N2O3S. The van der Waals surface area contributed by atoms with Gasteiger partial charge in [-0.25, -0.2) is 8.42 Å². The van der Waals surface area contributed by atoms with Gasteiger partial charge in [0.15, 0.2) is 5.76 Å². The van der Waals surface area contributed by atoms with Crippen LogP contribution in [0.4, 0.5) is 0 Å². The van der Waals surface area contributed by atoms with Crippen molar-refractivity contribution in [3.05, 3.63) is 11.5 Å². The molecule has 2 heterocycles. The van der Waals surface area contributed by atoms with E-state index in [4.69, 9.17) is 4.52 Å². The summed E-state index contributed by atoms with van der Waals surface area (Å²) in [5, 5.41) is 3.80. The van der Waals surface area contributed by atoms with E-state index in [1.54, 1.807) is 18.2 Å². The van der Waals surface area contributed by atoms with Crippen LogP contribution in [0, 0.1) is 19.8 Å². The third kappa shape index (κ3) is 2.19. The molecule has 1 atom stereocenters. The van der Waals surface area contributed by atoms with Gasteiger partial charge in [0.05, 0.1) is 0 Å². The van der Waals surface area contributed by atoms with Gasteiger partial charge >= 0.3 is 0 Å². The molecule has 1 saturated heterocycles. The van der Waals surface area contributed by atoms with Gasteiger partial charge < -0.3 is 4.52 Å². The van der Waals surface area contributed by atoms with Gasteiger partial charge in [-0.1, -0.05) is 18.0 Å². The predicted octanol–water partition coefficient (Wildman–Crippen LogP) is 2.63. The molecule has 0 aromatic carbocycles. The number of sulfonamides is 1. The number of aromatic nitrogens is 1. The van der Waals surface area contributed by atoms with Gasteiger partial charge in [0, 0.05) is 12.6 Å². The molecule has 5 nitrogen and oxygen atoms in total. The van der Waals surface area contributed by atoms with Crippen molar-refractivity contribution in [2.45, 2.75) is 63.3 Å². The average Bonchev–Trinajstić information content (AvgIpc) is 3.08. The molecule has 0 amide bonds. The molecule has 112 valence electrons. The zero-order chi connectivity index (χ0) is 14.3. The van der Waals surface area contributed by atoms with Crippen molar-refractivity contribution >= 4 is 10.0 Å². The van der Waals surface area contributed by atoms with Crippen molar-refractivity contribution < 1.29 is 12.9 Å². The molecule has 1 saturated carbocycles. The molecule has 2 aliphatic rings. The molecule has 0 spiro atoms. The lowest BCUT2D eigenvalue weighted by Gasteiger charge is -2.28. The predicted molar refractivity (Wildman–Crippen MR) is 74.8 cm³/mol. The van der Waals surface area contributed by atoms with Crippen molar-refractivity contribution in [2.24, 2.45) is 5.92 Å². The Morgan fingerprint density at radius 2 is 1.85 bits per heavy atom. The van der Waals surface area contributed by atoms with Crippen LogP contribution in [0.15, 0.2) is 9.42 Å². The molecule has 1 aliphatic heterocycles. The smallest absolute Gasteiger partial charge is 0.248 e. The van der Waals surface area contributed by atoms with Gasteiger partial charge in [0.1, 0.15) is 10.6 Å². The first-order chi connectivity index (χ1) is 9.51. The minimum absolute atomic E-state index is 0.177.